The summed E-state index contributed by atoms with van der Waals surface area (Å²) in [4.78, 5) is 37.5. The lowest BCUT2D eigenvalue weighted by atomic mass is 10.2. The number of benzene rings is 1. The van der Waals surface area contributed by atoms with Gasteiger partial charge in [-0.2, -0.15) is 0 Å². The molecule has 0 radical (unpaired) electrons. The molecule has 0 unspecified atom stereocenters. The van der Waals surface area contributed by atoms with Gasteiger partial charge in [0, 0.05) is 38.9 Å². The minimum Gasteiger partial charge on any atom is -0.366 e. The quantitative estimate of drug-likeness (QED) is 0.355. The number of anilines is 2. The van der Waals surface area contributed by atoms with E-state index < -0.39 is 0 Å². The first-order valence-electron chi connectivity index (χ1n) is 12.0. The van der Waals surface area contributed by atoms with Crippen molar-refractivity contribution in [1.29, 1.82) is 0 Å². The molecule has 1 aromatic carbocycles. The third kappa shape index (κ3) is 4.62. The predicted molar refractivity (Wildman–Crippen MR) is 147 cm³/mol. The van der Waals surface area contributed by atoms with Gasteiger partial charge in [-0.1, -0.05) is 55.5 Å². The first-order valence-corrected chi connectivity index (χ1v) is 13.2. The Morgan fingerprint density at radius 1 is 1.06 bits per heavy atom. The number of fused-ring (bicyclic) bond motifs is 1. The Labute approximate surface area is 218 Å². The second-order valence-corrected chi connectivity index (χ2v) is 10.4. The molecule has 10 heteroatoms. The SMILES string of the molecule is CCCCN1C(=O)/C(=C/c2c(N3CCN(c4ccccc4F)CC3)nc3ccccn3c2=O)SC1=S. The van der Waals surface area contributed by atoms with Crippen LogP contribution in [0.3, 0.4) is 0 Å². The number of hydrogen-bond acceptors (Lipinski definition) is 7. The van der Waals surface area contributed by atoms with E-state index in [-0.39, 0.29) is 17.3 Å². The zero-order valence-corrected chi connectivity index (χ0v) is 21.5. The Balaban J connectivity index is 1.50. The van der Waals surface area contributed by atoms with E-state index in [1.54, 1.807) is 41.4 Å². The summed E-state index contributed by atoms with van der Waals surface area (Å²) >= 11 is 6.66. The number of rotatable bonds is 6. The minimum absolute atomic E-state index is 0.175. The molecule has 36 heavy (non-hydrogen) atoms. The number of amides is 1. The predicted octanol–water partition coefficient (Wildman–Crippen LogP) is 4.16. The highest BCUT2D eigenvalue weighted by Crippen LogP contribution is 2.34. The molecule has 2 aromatic heterocycles. The third-order valence-electron chi connectivity index (χ3n) is 6.41. The largest absolute Gasteiger partial charge is 0.366 e. The zero-order chi connectivity index (χ0) is 25.2. The lowest BCUT2D eigenvalue weighted by Crippen LogP contribution is -2.47. The Bertz CT molecular complexity index is 1410. The Hall–Kier alpha value is -3.24. The number of aromatic nitrogens is 2. The smallest absolute Gasteiger partial charge is 0.267 e. The van der Waals surface area contributed by atoms with Crippen molar-refractivity contribution in [3.8, 4) is 0 Å². The number of pyridine rings is 1. The fraction of sp³-hybridized carbons (Fsp3) is 0.308. The molecule has 2 aliphatic heterocycles. The van der Waals surface area contributed by atoms with Crippen LogP contribution in [0.15, 0.2) is 58.4 Å². The number of thiocarbonyl (C=S) groups is 1. The summed E-state index contributed by atoms with van der Waals surface area (Å²) in [5.41, 5.74) is 1.21. The van der Waals surface area contributed by atoms with Crippen LogP contribution in [-0.2, 0) is 4.79 Å². The van der Waals surface area contributed by atoms with Crippen LogP contribution < -0.4 is 15.4 Å². The van der Waals surface area contributed by atoms with Gasteiger partial charge in [0.1, 0.15) is 21.6 Å². The van der Waals surface area contributed by atoms with Gasteiger partial charge in [0.2, 0.25) is 0 Å². The summed E-state index contributed by atoms with van der Waals surface area (Å²) in [6.07, 6.45) is 5.12. The molecule has 0 N–H and O–H groups in total. The van der Waals surface area contributed by atoms with Crippen molar-refractivity contribution < 1.29 is 9.18 Å². The Morgan fingerprint density at radius 2 is 1.78 bits per heavy atom. The highest BCUT2D eigenvalue weighted by atomic mass is 32.2. The van der Waals surface area contributed by atoms with Gasteiger partial charge in [-0.3, -0.25) is 18.9 Å². The first-order chi connectivity index (χ1) is 17.5. The van der Waals surface area contributed by atoms with Crippen molar-refractivity contribution in [2.45, 2.75) is 19.8 Å². The molecule has 5 rings (SSSR count). The number of thioether (sulfide) groups is 1. The molecule has 7 nitrogen and oxygen atoms in total. The number of hydrogen-bond donors (Lipinski definition) is 0. The Morgan fingerprint density at radius 3 is 2.53 bits per heavy atom. The van der Waals surface area contributed by atoms with Gasteiger partial charge in [-0.25, -0.2) is 9.37 Å². The fourth-order valence-electron chi connectivity index (χ4n) is 4.47. The van der Waals surface area contributed by atoms with Gasteiger partial charge in [-0.15, -0.1) is 0 Å². The molecule has 2 fully saturated rings. The van der Waals surface area contributed by atoms with E-state index in [2.05, 4.69) is 6.92 Å². The normalized spacial score (nSPS) is 17.6. The highest BCUT2D eigenvalue weighted by molar-refractivity contribution is 8.26. The molecule has 1 amide bonds. The van der Waals surface area contributed by atoms with Gasteiger partial charge < -0.3 is 9.80 Å². The lowest BCUT2D eigenvalue weighted by molar-refractivity contribution is -0.122. The van der Waals surface area contributed by atoms with Crippen LogP contribution in [0.4, 0.5) is 15.9 Å². The van der Waals surface area contributed by atoms with E-state index >= 15 is 0 Å². The molecule has 2 aliphatic rings. The fourth-order valence-corrected chi connectivity index (χ4v) is 5.76. The summed E-state index contributed by atoms with van der Waals surface area (Å²) in [5, 5.41) is 0. The summed E-state index contributed by atoms with van der Waals surface area (Å²) in [5.74, 6) is 0.100. The molecule has 0 saturated carbocycles. The van der Waals surface area contributed by atoms with E-state index in [1.807, 2.05) is 21.9 Å². The maximum absolute atomic E-state index is 14.3. The number of unbranched alkanes of at least 4 members (excludes halogenated alkanes) is 1. The molecular weight excluding hydrogens is 497 g/mol. The zero-order valence-electron chi connectivity index (χ0n) is 19.9. The second kappa shape index (κ2) is 10.4. The van der Waals surface area contributed by atoms with Crippen molar-refractivity contribution in [1.82, 2.24) is 14.3 Å². The third-order valence-corrected chi connectivity index (χ3v) is 7.78. The molecular formula is C26H26FN5O2S2. The first kappa shape index (κ1) is 24.5. The molecule has 186 valence electrons. The van der Waals surface area contributed by atoms with Gasteiger partial charge in [0.05, 0.1) is 16.2 Å². The topological polar surface area (TPSA) is 61.2 Å². The van der Waals surface area contributed by atoms with Crippen LogP contribution >= 0.6 is 24.0 Å². The van der Waals surface area contributed by atoms with Gasteiger partial charge in [0.25, 0.3) is 11.5 Å². The van der Waals surface area contributed by atoms with Gasteiger partial charge in [0.15, 0.2) is 0 Å². The number of carbonyl (C=O) groups excluding carboxylic acids is 1. The molecule has 4 heterocycles. The van der Waals surface area contributed by atoms with Crippen LogP contribution in [0.1, 0.15) is 25.3 Å². The van der Waals surface area contributed by atoms with Crippen molar-refractivity contribution in [3.05, 3.63) is 75.3 Å². The maximum atomic E-state index is 14.3. The molecule has 2 saturated heterocycles. The lowest BCUT2D eigenvalue weighted by Gasteiger charge is -2.37. The molecule has 0 atom stereocenters. The van der Waals surface area contributed by atoms with Crippen LogP contribution in [0.25, 0.3) is 11.7 Å². The highest BCUT2D eigenvalue weighted by Gasteiger charge is 2.33. The van der Waals surface area contributed by atoms with Crippen LogP contribution in [0.5, 0.6) is 0 Å². The van der Waals surface area contributed by atoms with Crippen LogP contribution in [-0.4, -0.2) is 57.2 Å². The van der Waals surface area contributed by atoms with Gasteiger partial charge in [-0.05, 0) is 36.8 Å². The van der Waals surface area contributed by atoms with Crippen molar-refractivity contribution in [2.24, 2.45) is 0 Å². The standard InChI is InChI=1S/C26H26FN5O2S2/c1-2-3-11-32-25(34)21(36-26(32)35)17-18-23(28-22-10-6-7-12-31(22)24(18)33)30-15-13-29(14-16-30)20-9-5-4-8-19(20)27/h4-10,12,17H,2-3,11,13-16H2,1H3/b21-17-. The summed E-state index contributed by atoms with van der Waals surface area (Å²) in [7, 11) is 0. The number of para-hydroxylation sites is 1. The Kier molecular flexibility index (Phi) is 7.06. The second-order valence-electron chi connectivity index (χ2n) is 8.70. The summed E-state index contributed by atoms with van der Waals surface area (Å²) < 4.78 is 16.3. The number of nitrogens with zero attached hydrogens (tertiary/aromatic N) is 5. The summed E-state index contributed by atoms with van der Waals surface area (Å²) in [6.45, 7) is 4.90. The molecule has 3 aromatic rings. The van der Waals surface area contributed by atoms with Gasteiger partial charge >= 0.3 is 0 Å². The molecule has 0 aliphatic carbocycles. The minimum atomic E-state index is -0.251. The van der Waals surface area contributed by atoms with Crippen molar-refractivity contribution >= 4 is 57.4 Å². The number of halogens is 1. The van der Waals surface area contributed by atoms with E-state index in [0.29, 0.717) is 64.7 Å². The van der Waals surface area contributed by atoms with Crippen molar-refractivity contribution in [2.75, 3.05) is 42.5 Å². The van der Waals surface area contributed by atoms with E-state index in [1.165, 1.54) is 22.2 Å². The molecule has 0 spiro atoms. The van der Waals surface area contributed by atoms with Crippen LogP contribution in [0.2, 0.25) is 0 Å². The van der Waals surface area contributed by atoms with E-state index in [4.69, 9.17) is 17.2 Å². The van der Waals surface area contributed by atoms with E-state index in [9.17, 15) is 14.0 Å². The van der Waals surface area contributed by atoms with Crippen molar-refractivity contribution in [3.63, 3.8) is 0 Å². The molecule has 0 bridgehead atoms. The maximum Gasteiger partial charge on any atom is 0.267 e. The number of carbonyl (C=O) groups is 1. The average molecular weight is 524 g/mol. The van der Waals surface area contributed by atoms with E-state index in [0.717, 1.165) is 12.8 Å². The number of piperazine rings is 1. The summed E-state index contributed by atoms with van der Waals surface area (Å²) in [6, 6.07) is 12.1. The van der Waals surface area contributed by atoms with Crippen LogP contribution in [0, 0.1) is 5.82 Å². The monoisotopic (exact) mass is 523 g/mol. The average Bonchev–Trinajstić information content (AvgIpc) is 3.16.